The largest absolute Gasteiger partial charge is 0.396 e. The van der Waals surface area contributed by atoms with Crippen molar-refractivity contribution in [1.82, 2.24) is 0 Å². The van der Waals surface area contributed by atoms with Crippen LogP contribution in [0.2, 0.25) is 0 Å². The highest BCUT2D eigenvalue weighted by molar-refractivity contribution is 5.19. The molecule has 4 saturated carbocycles. The van der Waals surface area contributed by atoms with E-state index in [4.69, 9.17) is 0 Å². The van der Waals surface area contributed by atoms with E-state index in [1.807, 2.05) is 0 Å². The summed E-state index contributed by atoms with van der Waals surface area (Å²) in [6.45, 7) is 13.5. The summed E-state index contributed by atoms with van der Waals surface area (Å²) in [5.41, 5.74) is -0.0676. The van der Waals surface area contributed by atoms with Crippen LogP contribution in [-0.4, -0.2) is 44.8 Å². The first-order chi connectivity index (χ1) is 15.0. The highest BCUT2D eigenvalue weighted by Gasteiger charge is 2.70. The molecule has 0 aromatic carbocycles. The minimum Gasteiger partial charge on any atom is -0.396 e. The Morgan fingerprint density at radius 1 is 0.969 bits per heavy atom. The maximum atomic E-state index is 12.3. The Hall–Kier alpha value is -0.420. The average Bonchev–Trinajstić information content (AvgIpc) is 3.10. The molecule has 4 N–H and O–H groups in total. The van der Waals surface area contributed by atoms with Crippen LogP contribution in [0.15, 0.2) is 12.2 Å². The molecule has 184 valence electrons. The van der Waals surface area contributed by atoms with Gasteiger partial charge in [0.2, 0.25) is 0 Å². The molecular weight excluding hydrogens is 400 g/mol. The van der Waals surface area contributed by atoms with Crippen molar-refractivity contribution in [1.29, 1.82) is 0 Å². The fraction of sp³-hybridized carbons (Fsp3) is 0.929. The Bertz CT molecular complexity index is 706. The number of fused-ring (bicyclic) bond motifs is 5. The van der Waals surface area contributed by atoms with Gasteiger partial charge in [-0.3, -0.25) is 0 Å². The predicted molar refractivity (Wildman–Crippen MR) is 128 cm³/mol. The molecular formula is C28H48O4. The third-order valence-electron chi connectivity index (χ3n) is 11.3. The van der Waals surface area contributed by atoms with Crippen molar-refractivity contribution in [3.8, 4) is 0 Å². The van der Waals surface area contributed by atoms with E-state index in [1.54, 1.807) is 0 Å². The number of hydrogen-bond donors (Lipinski definition) is 4. The number of hydrogen-bond acceptors (Lipinski definition) is 4. The third kappa shape index (κ3) is 3.54. The average molecular weight is 449 g/mol. The standard InChI is InChI=1S/C28H48O4/c1-17(2)18(3)6-7-19(4)21-8-9-22-23-15-25(31)24-14-20(30)10-11-27(24,16-29)28(23,32)13-12-26(21,22)5/h17,19-25,29-32H,3,6-16H2,1-2,4-5H3/t19-,20?,21-,22+,23+,24?,25?,26-,27-,28-/m1/s1. The van der Waals surface area contributed by atoms with Gasteiger partial charge >= 0.3 is 0 Å². The predicted octanol–water partition coefficient (Wildman–Crippen LogP) is 4.69. The minimum absolute atomic E-state index is 0.0396. The lowest BCUT2D eigenvalue weighted by molar-refractivity contribution is -0.280. The van der Waals surface area contributed by atoms with Crippen LogP contribution < -0.4 is 0 Å². The fourth-order valence-corrected chi connectivity index (χ4v) is 9.18. The van der Waals surface area contributed by atoms with E-state index in [-0.39, 0.29) is 23.9 Å². The first-order valence-corrected chi connectivity index (χ1v) is 13.4. The van der Waals surface area contributed by atoms with Crippen LogP contribution in [0, 0.1) is 46.3 Å². The van der Waals surface area contributed by atoms with Crippen LogP contribution >= 0.6 is 0 Å². The maximum absolute atomic E-state index is 12.3. The van der Waals surface area contributed by atoms with E-state index in [0.717, 1.165) is 19.3 Å². The molecule has 10 atom stereocenters. The van der Waals surface area contributed by atoms with Crippen LogP contribution in [-0.2, 0) is 0 Å². The quantitative estimate of drug-likeness (QED) is 0.444. The summed E-state index contributed by atoms with van der Waals surface area (Å²) in [4.78, 5) is 0. The summed E-state index contributed by atoms with van der Waals surface area (Å²) < 4.78 is 0. The zero-order chi connectivity index (χ0) is 23.5. The van der Waals surface area contributed by atoms with Gasteiger partial charge in [0.25, 0.3) is 0 Å². The lowest BCUT2D eigenvalue weighted by Gasteiger charge is -2.66. The van der Waals surface area contributed by atoms with Gasteiger partial charge in [-0.05, 0) is 105 Å². The summed E-state index contributed by atoms with van der Waals surface area (Å²) in [5, 5.41) is 44.4. The lowest BCUT2D eigenvalue weighted by Crippen LogP contribution is -2.70. The number of allylic oxidation sites excluding steroid dienone is 1. The van der Waals surface area contributed by atoms with Crippen molar-refractivity contribution in [3.05, 3.63) is 12.2 Å². The van der Waals surface area contributed by atoms with Gasteiger partial charge in [-0.25, -0.2) is 0 Å². The van der Waals surface area contributed by atoms with Gasteiger partial charge in [0.15, 0.2) is 0 Å². The van der Waals surface area contributed by atoms with Crippen LogP contribution in [0.25, 0.3) is 0 Å². The molecule has 0 aromatic heterocycles. The summed E-state index contributed by atoms with van der Waals surface area (Å²) in [5.74, 6) is 2.04. The highest BCUT2D eigenvalue weighted by Crippen LogP contribution is 2.69. The molecule has 4 heteroatoms. The van der Waals surface area contributed by atoms with Gasteiger partial charge in [0.1, 0.15) is 0 Å². The van der Waals surface area contributed by atoms with Crippen molar-refractivity contribution in [3.63, 3.8) is 0 Å². The molecule has 0 aliphatic heterocycles. The molecule has 4 fully saturated rings. The Morgan fingerprint density at radius 3 is 2.34 bits per heavy atom. The highest BCUT2D eigenvalue weighted by atomic mass is 16.3. The van der Waals surface area contributed by atoms with Gasteiger partial charge < -0.3 is 20.4 Å². The SMILES string of the molecule is C=C(CC[C@@H](C)[C@H]1CC[C@H]2[C@@H]3CC(O)C4CC(O)CC[C@]4(CO)[C@@]3(O)CC[C@]12C)C(C)C. The van der Waals surface area contributed by atoms with E-state index in [1.165, 1.54) is 18.4 Å². The molecule has 0 bridgehead atoms. The van der Waals surface area contributed by atoms with Crippen LogP contribution in [0.1, 0.15) is 91.9 Å². The topological polar surface area (TPSA) is 80.9 Å². The van der Waals surface area contributed by atoms with Gasteiger partial charge in [0, 0.05) is 5.41 Å². The van der Waals surface area contributed by atoms with E-state index in [0.29, 0.717) is 55.8 Å². The molecule has 32 heavy (non-hydrogen) atoms. The zero-order valence-corrected chi connectivity index (χ0v) is 20.9. The fourth-order valence-electron chi connectivity index (χ4n) is 9.18. The third-order valence-corrected chi connectivity index (χ3v) is 11.3. The molecule has 4 rings (SSSR count). The molecule has 4 aliphatic carbocycles. The maximum Gasteiger partial charge on any atom is 0.0761 e. The van der Waals surface area contributed by atoms with Crippen molar-refractivity contribution in [2.24, 2.45) is 46.3 Å². The molecule has 0 saturated heterocycles. The second-order valence-electron chi connectivity index (χ2n) is 12.8. The normalized spacial score (nSPS) is 49.3. The molecule has 3 unspecified atom stereocenters. The van der Waals surface area contributed by atoms with Gasteiger partial charge in [-0.15, -0.1) is 0 Å². The molecule has 0 amide bonds. The van der Waals surface area contributed by atoms with E-state index in [2.05, 4.69) is 34.3 Å². The first-order valence-electron chi connectivity index (χ1n) is 13.4. The molecule has 4 aliphatic rings. The Labute approximate surface area is 195 Å². The number of aliphatic hydroxyl groups excluding tert-OH is 3. The number of rotatable bonds is 6. The zero-order valence-electron chi connectivity index (χ0n) is 20.9. The Kier molecular flexibility index (Phi) is 6.68. The molecule has 0 radical (unpaired) electrons. The molecule has 0 aromatic rings. The van der Waals surface area contributed by atoms with Crippen molar-refractivity contribution in [2.75, 3.05) is 6.61 Å². The number of aliphatic hydroxyl groups is 4. The van der Waals surface area contributed by atoms with Crippen molar-refractivity contribution in [2.45, 2.75) is 110 Å². The van der Waals surface area contributed by atoms with Gasteiger partial charge in [0.05, 0.1) is 24.4 Å². The van der Waals surface area contributed by atoms with E-state index >= 15 is 0 Å². The van der Waals surface area contributed by atoms with Gasteiger partial charge in [-0.2, -0.15) is 0 Å². The Balaban J connectivity index is 1.58. The monoisotopic (exact) mass is 448 g/mol. The molecule has 0 spiro atoms. The van der Waals surface area contributed by atoms with Gasteiger partial charge in [-0.1, -0.05) is 39.8 Å². The Morgan fingerprint density at radius 2 is 1.69 bits per heavy atom. The van der Waals surface area contributed by atoms with Crippen LogP contribution in [0.3, 0.4) is 0 Å². The van der Waals surface area contributed by atoms with Crippen molar-refractivity contribution < 1.29 is 20.4 Å². The van der Waals surface area contributed by atoms with Crippen molar-refractivity contribution >= 4 is 0 Å². The van der Waals surface area contributed by atoms with Crippen LogP contribution in [0.4, 0.5) is 0 Å². The summed E-state index contributed by atoms with van der Waals surface area (Å²) in [7, 11) is 0. The summed E-state index contributed by atoms with van der Waals surface area (Å²) >= 11 is 0. The molecule has 4 nitrogen and oxygen atoms in total. The first kappa shape index (κ1) is 24.7. The van der Waals surface area contributed by atoms with E-state index < -0.39 is 23.2 Å². The van der Waals surface area contributed by atoms with Crippen LogP contribution in [0.5, 0.6) is 0 Å². The van der Waals surface area contributed by atoms with E-state index in [9.17, 15) is 20.4 Å². The minimum atomic E-state index is -0.931. The smallest absolute Gasteiger partial charge is 0.0761 e. The summed E-state index contributed by atoms with van der Waals surface area (Å²) in [6, 6.07) is 0. The lowest BCUT2D eigenvalue weighted by atomic mass is 9.41. The second-order valence-corrected chi connectivity index (χ2v) is 12.8. The second kappa shape index (κ2) is 8.66. The molecule has 0 heterocycles. The summed E-state index contributed by atoms with van der Waals surface area (Å²) in [6.07, 6.45) is 7.67.